The van der Waals surface area contributed by atoms with Crippen LogP contribution >= 0.6 is 0 Å². The fraction of sp³-hybridized carbons (Fsp3) is 0.414. The van der Waals surface area contributed by atoms with Crippen LogP contribution in [-0.4, -0.2) is 28.6 Å². The van der Waals surface area contributed by atoms with Crippen molar-refractivity contribution in [2.45, 2.75) is 63.8 Å². The van der Waals surface area contributed by atoms with Crippen LogP contribution in [0.5, 0.6) is 0 Å². The number of aromatic amines is 1. The molecule has 1 aliphatic rings. The Labute approximate surface area is 196 Å². The summed E-state index contributed by atoms with van der Waals surface area (Å²) >= 11 is 0. The Morgan fingerprint density at radius 3 is 2.82 bits per heavy atom. The second-order valence-electron chi connectivity index (χ2n) is 9.20. The molecule has 33 heavy (non-hydrogen) atoms. The lowest BCUT2D eigenvalue weighted by molar-refractivity contribution is 0.0916. The number of unbranched alkanes of at least 4 members (excludes halogenated alkanes) is 1. The van der Waals surface area contributed by atoms with Crippen LogP contribution in [0.4, 0.5) is 0 Å². The number of aliphatic hydroxyl groups excluding tert-OH is 1. The average molecular weight is 443 g/mol. The molecule has 1 heterocycles. The zero-order chi connectivity index (χ0) is 22.9. The summed E-state index contributed by atoms with van der Waals surface area (Å²) in [4.78, 5) is 16.1. The molecule has 1 aromatic heterocycles. The Morgan fingerprint density at radius 2 is 1.97 bits per heavy atom. The van der Waals surface area contributed by atoms with Gasteiger partial charge in [0.25, 0.3) is 5.91 Å². The van der Waals surface area contributed by atoms with Gasteiger partial charge in [-0.05, 0) is 55.0 Å². The van der Waals surface area contributed by atoms with Gasteiger partial charge in [-0.25, -0.2) is 0 Å². The van der Waals surface area contributed by atoms with Crippen LogP contribution in [0.2, 0.25) is 0 Å². The number of nitrogens with one attached hydrogen (secondary N) is 2. The number of hydrogen-bond acceptors (Lipinski definition) is 2. The monoisotopic (exact) mass is 442 g/mol. The first-order valence-corrected chi connectivity index (χ1v) is 12.3. The summed E-state index contributed by atoms with van der Waals surface area (Å²) < 4.78 is 0. The maximum atomic E-state index is 12.8. The van der Waals surface area contributed by atoms with Gasteiger partial charge in [0.05, 0.1) is 12.6 Å². The standard InChI is InChI=1S/C29H34N2O2/c32-21-26(19-25-20-30-28-17-8-7-16-27(25)28)31-29(33)24-15-9-14-23(18-24)13-6-2-5-12-22-10-3-1-4-11-22/h7-9,14-18,20,22,26,30,32H,1-5,10-12,19,21H2,(H,31,33). The lowest BCUT2D eigenvalue weighted by atomic mass is 9.86. The van der Waals surface area contributed by atoms with E-state index >= 15 is 0 Å². The largest absolute Gasteiger partial charge is 0.394 e. The highest BCUT2D eigenvalue weighted by Crippen LogP contribution is 2.27. The van der Waals surface area contributed by atoms with E-state index in [1.54, 1.807) is 6.07 Å². The Balaban J connectivity index is 1.31. The number of aromatic nitrogens is 1. The Hall–Kier alpha value is -3.03. The van der Waals surface area contributed by atoms with Crippen LogP contribution in [0.1, 0.15) is 72.9 Å². The highest BCUT2D eigenvalue weighted by atomic mass is 16.3. The van der Waals surface area contributed by atoms with Gasteiger partial charge in [-0.15, -0.1) is 0 Å². The second-order valence-corrected chi connectivity index (χ2v) is 9.20. The first kappa shape index (κ1) is 23.1. The van der Waals surface area contributed by atoms with Crippen LogP contribution in [0.3, 0.4) is 0 Å². The molecule has 4 nitrogen and oxygen atoms in total. The predicted molar refractivity (Wildman–Crippen MR) is 134 cm³/mol. The number of amides is 1. The molecule has 4 heteroatoms. The molecule has 0 bridgehead atoms. The number of benzene rings is 2. The van der Waals surface area contributed by atoms with Gasteiger partial charge < -0.3 is 15.4 Å². The lowest BCUT2D eigenvalue weighted by Gasteiger charge is -2.20. The average Bonchev–Trinajstić information content (AvgIpc) is 3.27. The third-order valence-corrected chi connectivity index (χ3v) is 6.69. The highest BCUT2D eigenvalue weighted by Gasteiger charge is 2.16. The van der Waals surface area contributed by atoms with Crippen molar-refractivity contribution in [2.75, 3.05) is 6.61 Å². The minimum absolute atomic E-state index is 0.119. The molecular formula is C29H34N2O2. The van der Waals surface area contributed by atoms with Gasteiger partial charge in [-0.1, -0.05) is 68.2 Å². The lowest BCUT2D eigenvalue weighted by Crippen LogP contribution is -2.39. The molecule has 1 saturated carbocycles. The van der Waals surface area contributed by atoms with E-state index in [-0.39, 0.29) is 18.6 Å². The van der Waals surface area contributed by atoms with E-state index in [4.69, 9.17) is 0 Å². The van der Waals surface area contributed by atoms with Crippen LogP contribution in [0.15, 0.2) is 54.7 Å². The van der Waals surface area contributed by atoms with E-state index < -0.39 is 0 Å². The first-order chi connectivity index (χ1) is 16.2. The summed E-state index contributed by atoms with van der Waals surface area (Å²) in [6.07, 6.45) is 12.8. The number of hydrogen-bond donors (Lipinski definition) is 3. The topological polar surface area (TPSA) is 65.1 Å². The molecule has 0 aliphatic heterocycles. The van der Waals surface area contributed by atoms with Crippen molar-refractivity contribution >= 4 is 16.8 Å². The maximum Gasteiger partial charge on any atom is 0.251 e. The van der Waals surface area contributed by atoms with Crippen molar-refractivity contribution < 1.29 is 9.90 Å². The van der Waals surface area contributed by atoms with Gasteiger partial charge >= 0.3 is 0 Å². The summed E-state index contributed by atoms with van der Waals surface area (Å²) in [5, 5.41) is 14.0. The molecule has 1 amide bonds. The zero-order valence-corrected chi connectivity index (χ0v) is 19.3. The molecule has 0 radical (unpaired) electrons. The van der Waals surface area contributed by atoms with Gasteiger partial charge in [0.15, 0.2) is 0 Å². The minimum atomic E-state index is -0.355. The van der Waals surface area contributed by atoms with Gasteiger partial charge in [-0.3, -0.25) is 4.79 Å². The van der Waals surface area contributed by atoms with Gasteiger partial charge in [0, 0.05) is 34.6 Å². The van der Waals surface area contributed by atoms with Gasteiger partial charge in [0.2, 0.25) is 0 Å². The maximum absolute atomic E-state index is 12.8. The second kappa shape index (κ2) is 11.7. The van der Waals surface area contributed by atoms with Crippen molar-refractivity contribution in [1.82, 2.24) is 10.3 Å². The van der Waals surface area contributed by atoms with E-state index in [2.05, 4.69) is 28.2 Å². The quantitative estimate of drug-likeness (QED) is 0.314. The van der Waals surface area contributed by atoms with E-state index in [0.29, 0.717) is 12.0 Å². The van der Waals surface area contributed by atoms with Gasteiger partial charge in [-0.2, -0.15) is 0 Å². The SMILES string of the molecule is O=C(NC(CO)Cc1c[nH]c2ccccc12)c1cccc(C#CCCCC2CCCCC2)c1. The van der Waals surface area contributed by atoms with E-state index in [0.717, 1.165) is 40.8 Å². The number of carbonyl (C=O) groups excluding carboxylic acids is 1. The van der Waals surface area contributed by atoms with Crippen molar-refractivity contribution in [3.8, 4) is 11.8 Å². The summed E-state index contributed by atoms with van der Waals surface area (Å²) in [5.41, 5.74) is 3.57. The number of carbonyl (C=O) groups is 1. The van der Waals surface area contributed by atoms with E-state index in [1.807, 2.05) is 42.6 Å². The number of H-pyrrole nitrogens is 1. The minimum Gasteiger partial charge on any atom is -0.394 e. The number of fused-ring (bicyclic) bond motifs is 1. The molecule has 172 valence electrons. The molecule has 1 unspecified atom stereocenters. The predicted octanol–water partition coefficient (Wildman–Crippen LogP) is 5.60. The molecule has 4 rings (SSSR count). The van der Waals surface area contributed by atoms with Crippen LogP contribution in [-0.2, 0) is 6.42 Å². The Morgan fingerprint density at radius 1 is 1.12 bits per heavy atom. The fourth-order valence-corrected chi connectivity index (χ4v) is 4.85. The third-order valence-electron chi connectivity index (χ3n) is 6.69. The molecular weight excluding hydrogens is 408 g/mol. The first-order valence-electron chi connectivity index (χ1n) is 12.3. The van der Waals surface area contributed by atoms with Crippen molar-refractivity contribution in [3.63, 3.8) is 0 Å². The van der Waals surface area contributed by atoms with Gasteiger partial charge in [0.1, 0.15) is 0 Å². The van der Waals surface area contributed by atoms with E-state index in [9.17, 15) is 9.90 Å². The van der Waals surface area contributed by atoms with Crippen LogP contribution < -0.4 is 5.32 Å². The number of para-hydroxylation sites is 1. The molecule has 1 aliphatic carbocycles. The smallest absolute Gasteiger partial charge is 0.251 e. The van der Waals surface area contributed by atoms with Crippen molar-refractivity contribution in [2.24, 2.45) is 5.92 Å². The molecule has 1 atom stereocenters. The highest BCUT2D eigenvalue weighted by molar-refractivity contribution is 5.94. The van der Waals surface area contributed by atoms with Crippen LogP contribution in [0, 0.1) is 17.8 Å². The fourth-order valence-electron chi connectivity index (χ4n) is 4.85. The van der Waals surface area contributed by atoms with Crippen molar-refractivity contribution in [1.29, 1.82) is 0 Å². The molecule has 1 fully saturated rings. The molecule has 0 spiro atoms. The Bertz CT molecular complexity index is 1120. The molecule has 3 aromatic rings. The molecule has 3 N–H and O–H groups in total. The molecule has 0 saturated heterocycles. The zero-order valence-electron chi connectivity index (χ0n) is 19.3. The third kappa shape index (κ3) is 6.49. The summed E-state index contributed by atoms with van der Waals surface area (Å²) in [5.74, 6) is 7.21. The molecule has 2 aromatic carbocycles. The normalized spacial score (nSPS) is 15.1. The van der Waals surface area contributed by atoms with E-state index in [1.165, 1.54) is 38.5 Å². The summed E-state index contributed by atoms with van der Waals surface area (Å²) in [7, 11) is 0. The summed E-state index contributed by atoms with van der Waals surface area (Å²) in [6.45, 7) is -0.119. The number of aliphatic hydroxyl groups is 1. The van der Waals surface area contributed by atoms with Crippen LogP contribution in [0.25, 0.3) is 10.9 Å². The summed E-state index contributed by atoms with van der Waals surface area (Å²) in [6, 6.07) is 15.1. The van der Waals surface area contributed by atoms with Crippen molar-refractivity contribution in [3.05, 3.63) is 71.4 Å². The Kier molecular flexibility index (Phi) is 8.22. The number of rotatable bonds is 8.